The van der Waals surface area contributed by atoms with Gasteiger partial charge in [0.2, 0.25) is 5.91 Å². The molecule has 1 aromatic rings. The van der Waals surface area contributed by atoms with E-state index in [0.29, 0.717) is 44.1 Å². The minimum absolute atomic E-state index is 0.132. The van der Waals surface area contributed by atoms with Gasteiger partial charge in [-0.1, -0.05) is 0 Å². The van der Waals surface area contributed by atoms with Crippen LogP contribution in [0.3, 0.4) is 0 Å². The van der Waals surface area contributed by atoms with Gasteiger partial charge in [0.15, 0.2) is 17.3 Å². The fraction of sp³-hybridized carbons (Fsp3) is 0.714. The van der Waals surface area contributed by atoms with Crippen molar-refractivity contribution in [3.63, 3.8) is 0 Å². The minimum atomic E-state index is -1.67. The third-order valence-corrected chi connectivity index (χ3v) is 4.36. The molecule has 0 radical (unpaired) electrons. The molecular formula is C14H20FN5O2. The summed E-state index contributed by atoms with van der Waals surface area (Å²) in [5, 5.41) is 10.9. The van der Waals surface area contributed by atoms with Crippen molar-refractivity contribution >= 4 is 11.8 Å². The first kappa shape index (κ1) is 14.9. The molecule has 2 amide bonds. The van der Waals surface area contributed by atoms with Crippen LogP contribution in [0, 0.1) is 0 Å². The van der Waals surface area contributed by atoms with Gasteiger partial charge in [-0.15, -0.1) is 10.2 Å². The average Bonchev–Trinajstić information content (AvgIpc) is 2.70. The number of rotatable bonds is 3. The van der Waals surface area contributed by atoms with E-state index in [1.807, 2.05) is 4.57 Å². The number of hydrogen-bond acceptors (Lipinski definition) is 4. The highest BCUT2D eigenvalue weighted by molar-refractivity contribution is 5.86. The Kier molecular flexibility index (Phi) is 3.84. The molecule has 0 bridgehead atoms. The van der Waals surface area contributed by atoms with Crippen LogP contribution in [0.1, 0.15) is 44.3 Å². The molecule has 22 heavy (non-hydrogen) atoms. The lowest BCUT2D eigenvalue weighted by atomic mass is 9.81. The van der Waals surface area contributed by atoms with Crippen molar-refractivity contribution < 1.29 is 14.0 Å². The second-order valence-corrected chi connectivity index (χ2v) is 5.99. The van der Waals surface area contributed by atoms with Crippen LogP contribution in [0.15, 0.2) is 0 Å². The first-order chi connectivity index (χ1) is 10.5. The predicted molar refractivity (Wildman–Crippen MR) is 75.3 cm³/mol. The molecular weight excluding hydrogens is 289 g/mol. The molecule has 0 spiro atoms. The van der Waals surface area contributed by atoms with Gasteiger partial charge in [-0.25, -0.2) is 4.39 Å². The Balaban J connectivity index is 1.73. The van der Waals surface area contributed by atoms with Gasteiger partial charge in [0.1, 0.15) is 0 Å². The number of alkyl halides is 1. The van der Waals surface area contributed by atoms with Crippen LogP contribution in [0.4, 0.5) is 4.39 Å². The van der Waals surface area contributed by atoms with Gasteiger partial charge in [0, 0.05) is 20.0 Å². The smallest absolute Gasteiger partial charge is 0.260 e. The maximum absolute atomic E-state index is 14.3. The number of carbonyl (C=O) groups is 2. The first-order valence-electron chi connectivity index (χ1n) is 7.63. The summed E-state index contributed by atoms with van der Waals surface area (Å²) in [5.41, 5.74) is -1.67. The Labute approximate surface area is 127 Å². The molecule has 120 valence electrons. The Morgan fingerprint density at radius 2 is 2.05 bits per heavy atom. The van der Waals surface area contributed by atoms with Crippen molar-refractivity contribution in [2.45, 2.75) is 57.9 Å². The van der Waals surface area contributed by atoms with E-state index in [9.17, 15) is 14.0 Å². The summed E-state index contributed by atoms with van der Waals surface area (Å²) >= 11 is 0. The molecule has 0 unspecified atom stereocenters. The summed E-state index contributed by atoms with van der Waals surface area (Å²) in [5.74, 6) is 0.762. The summed E-state index contributed by atoms with van der Waals surface area (Å²) < 4.78 is 16.2. The van der Waals surface area contributed by atoms with Crippen LogP contribution in [0.5, 0.6) is 0 Å². The second kappa shape index (κ2) is 5.66. The highest BCUT2D eigenvalue weighted by atomic mass is 19.1. The molecule has 1 aromatic heterocycles. The molecule has 2 heterocycles. The van der Waals surface area contributed by atoms with Crippen LogP contribution >= 0.6 is 0 Å². The number of amides is 2. The van der Waals surface area contributed by atoms with Crippen molar-refractivity contribution in [2.24, 2.45) is 0 Å². The maximum Gasteiger partial charge on any atom is 0.260 e. The quantitative estimate of drug-likeness (QED) is 0.883. The first-order valence-corrected chi connectivity index (χ1v) is 7.63. The molecule has 1 saturated carbocycles. The van der Waals surface area contributed by atoms with E-state index in [1.54, 1.807) is 4.90 Å². The van der Waals surface area contributed by atoms with Crippen molar-refractivity contribution in [3.05, 3.63) is 11.6 Å². The number of fused-ring (bicyclic) bond motifs is 1. The Bertz CT molecular complexity index is 596. The van der Waals surface area contributed by atoms with Crippen molar-refractivity contribution in [1.82, 2.24) is 25.0 Å². The molecule has 1 N–H and O–H groups in total. The van der Waals surface area contributed by atoms with E-state index in [-0.39, 0.29) is 12.5 Å². The van der Waals surface area contributed by atoms with Crippen molar-refractivity contribution in [3.8, 4) is 0 Å². The van der Waals surface area contributed by atoms with Crippen LogP contribution in [-0.4, -0.2) is 43.7 Å². The Morgan fingerprint density at radius 3 is 2.68 bits per heavy atom. The molecule has 3 rings (SSSR count). The summed E-state index contributed by atoms with van der Waals surface area (Å²) in [6, 6.07) is 0. The normalized spacial score (nSPS) is 19.8. The summed E-state index contributed by atoms with van der Waals surface area (Å²) in [7, 11) is 0. The summed E-state index contributed by atoms with van der Waals surface area (Å²) in [6.07, 6.45) is 2.14. The lowest BCUT2D eigenvalue weighted by Crippen LogP contribution is -2.50. The lowest BCUT2D eigenvalue weighted by molar-refractivity contribution is -0.150. The van der Waals surface area contributed by atoms with Crippen LogP contribution in [0.25, 0.3) is 0 Å². The maximum atomic E-state index is 14.3. The predicted octanol–water partition coefficient (Wildman–Crippen LogP) is 0.539. The van der Waals surface area contributed by atoms with Gasteiger partial charge in [0.25, 0.3) is 5.91 Å². The van der Waals surface area contributed by atoms with Gasteiger partial charge in [-0.2, -0.15) is 0 Å². The number of carbonyl (C=O) groups excluding carboxylic acids is 2. The SMILES string of the molecule is CC(=O)NCc1nnc2n1CCCN(C(=O)C1(F)CCC1)C2. The largest absolute Gasteiger partial charge is 0.349 e. The number of nitrogens with one attached hydrogen (secondary N) is 1. The molecule has 1 aliphatic heterocycles. The molecule has 1 aliphatic carbocycles. The van der Waals surface area contributed by atoms with Gasteiger partial charge in [-0.05, 0) is 25.7 Å². The zero-order valence-corrected chi connectivity index (χ0v) is 12.6. The third kappa shape index (κ3) is 2.69. The standard InChI is InChI=1S/C14H20FN5O2/c1-10(21)16-8-11-17-18-12-9-19(6-3-7-20(11)12)13(22)14(15)4-2-5-14/h2-9H2,1H3,(H,16,21). The van der Waals surface area contributed by atoms with Gasteiger partial charge < -0.3 is 14.8 Å². The number of hydrogen-bond donors (Lipinski definition) is 1. The van der Waals surface area contributed by atoms with Crippen molar-refractivity contribution in [2.75, 3.05) is 6.54 Å². The third-order valence-electron chi connectivity index (χ3n) is 4.36. The topological polar surface area (TPSA) is 80.1 Å². The highest BCUT2D eigenvalue weighted by Gasteiger charge is 2.47. The molecule has 0 aromatic carbocycles. The molecule has 1 fully saturated rings. The van der Waals surface area contributed by atoms with Crippen molar-refractivity contribution in [1.29, 1.82) is 0 Å². The second-order valence-electron chi connectivity index (χ2n) is 5.99. The minimum Gasteiger partial charge on any atom is -0.349 e. The van der Waals surface area contributed by atoms with E-state index in [1.165, 1.54) is 6.92 Å². The van der Waals surface area contributed by atoms with Crippen LogP contribution in [0.2, 0.25) is 0 Å². The van der Waals surface area contributed by atoms with E-state index in [4.69, 9.17) is 0 Å². The molecule has 8 heteroatoms. The zero-order valence-electron chi connectivity index (χ0n) is 12.6. The lowest BCUT2D eigenvalue weighted by Gasteiger charge is -2.36. The Morgan fingerprint density at radius 1 is 1.27 bits per heavy atom. The number of aromatic nitrogens is 3. The molecule has 2 aliphatic rings. The molecule has 7 nitrogen and oxygen atoms in total. The summed E-state index contributed by atoms with van der Waals surface area (Å²) in [4.78, 5) is 24.9. The van der Waals surface area contributed by atoms with Crippen LogP contribution < -0.4 is 5.32 Å². The van der Waals surface area contributed by atoms with E-state index in [0.717, 1.165) is 12.8 Å². The average molecular weight is 309 g/mol. The molecule has 0 atom stereocenters. The molecule has 0 saturated heterocycles. The monoisotopic (exact) mass is 309 g/mol. The van der Waals surface area contributed by atoms with Gasteiger partial charge in [0.05, 0.1) is 13.1 Å². The number of halogens is 1. The van der Waals surface area contributed by atoms with Crippen LogP contribution in [-0.2, 0) is 29.2 Å². The van der Waals surface area contributed by atoms with E-state index in [2.05, 4.69) is 15.5 Å². The fourth-order valence-corrected chi connectivity index (χ4v) is 2.91. The van der Waals surface area contributed by atoms with Gasteiger partial charge in [-0.3, -0.25) is 9.59 Å². The van der Waals surface area contributed by atoms with E-state index < -0.39 is 11.6 Å². The van der Waals surface area contributed by atoms with E-state index >= 15 is 0 Å². The zero-order chi connectivity index (χ0) is 15.7. The highest BCUT2D eigenvalue weighted by Crippen LogP contribution is 2.38. The summed E-state index contributed by atoms with van der Waals surface area (Å²) in [6.45, 7) is 3.22. The number of nitrogens with zero attached hydrogens (tertiary/aromatic N) is 4. The Hall–Kier alpha value is -1.99. The fourth-order valence-electron chi connectivity index (χ4n) is 2.91. The van der Waals surface area contributed by atoms with Gasteiger partial charge >= 0.3 is 0 Å².